The molecule has 1 aromatic carbocycles. The first-order valence-electron chi connectivity index (χ1n) is 2.84. The molecule has 0 unspecified atom stereocenters. The summed E-state index contributed by atoms with van der Waals surface area (Å²) < 4.78 is 42.6. The van der Waals surface area contributed by atoms with E-state index >= 15 is 0 Å². The first-order valence-corrected chi connectivity index (χ1v) is 5.07. The minimum atomic E-state index is -4.45. The topological polar surface area (TPSA) is 54.4 Å². The van der Waals surface area contributed by atoms with E-state index in [4.69, 9.17) is 4.55 Å². The van der Waals surface area contributed by atoms with Gasteiger partial charge in [0.25, 0.3) is 10.1 Å². The minimum absolute atomic E-state index is 0. The smallest absolute Gasteiger partial charge is 0.282 e. The van der Waals surface area contributed by atoms with Gasteiger partial charge in [0.2, 0.25) is 0 Å². The average Bonchev–Trinajstić information content (AvgIpc) is 1.83. The molecule has 0 atom stereocenters. The van der Waals surface area contributed by atoms with Crippen LogP contribution in [-0.4, -0.2) is 13.0 Å². The van der Waals surface area contributed by atoms with Gasteiger partial charge in [0.1, 0.15) is 10.7 Å². The molecule has 0 amide bonds. The fraction of sp³-hybridized carbons (Fsp3) is 0. The molecule has 1 rings (SSSR count). The predicted molar refractivity (Wildman–Crippen MR) is 51.2 cm³/mol. The Labute approximate surface area is 89.2 Å². The molecule has 0 aromatic heterocycles. The van der Waals surface area contributed by atoms with Crippen LogP contribution in [0.1, 0.15) is 0 Å². The minimum Gasteiger partial charge on any atom is -0.282 e. The molecule has 3 nitrogen and oxygen atoms in total. The van der Waals surface area contributed by atoms with Gasteiger partial charge in [-0.2, -0.15) is 8.42 Å². The highest BCUT2D eigenvalue weighted by atomic mass is 79.9. The molecule has 0 bridgehead atoms. The van der Waals surface area contributed by atoms with Crippen LogP contribution in [0, 0.1) is 5.82 Å². The fourth-order valence-corrected chi connectivity index (χ4v) is 1.56. The number of hydrogen-bond donors (Lipinski definition) is 1. The summed E-state index contributed by atoms with van der Waals surface area (Å²) in [4.78, 5) is -0.717. The lowest BCUT2D eigenvalue weighted by molar-refractivity contribution is 0.473. The van der Waals surface area contributed by atoms with Crippen molar-refractivity contribution in [3.05, 3.63) is 28.5 Å². The highest BCUT2D eigenvalue weighted by Crippen LogP contribution is 2.18. The quantitative estimate of drug-likeness (QED) is 0.808. The van der Waals surface area contributed by atoms with Crippen molar-refractivity contribution in [3.63, 3.8) is 0 Å². The Kier molecular flexibility index (Phi) is 4.31. The third kappa shape index (κ3) is 3.22. The van der Waals surface area contributed by atoms with Crippen LogP contribution in [0.3, 0.4) is 0 Å². The van der Waals surface area contributed by atoms with Crippen LogP contribution >= 0.6 is 28.3 Å². The van der Waals surface area contributed by atoms with Gasteiger partial charge in [-0.15, -0.1) is 12.4 Å². The van der Waals surface area contributed by atoms with Crippen molar-refractivity contribution in [3.8, 4) is 0 Å². The molecule has 1 N–H and O–H groups in total. The number of rotatable bonds is 1. The molecule has 0 heterocycles. The number of benzene rings is 1. The summed E-state index contributed by atoms with van der Waals surface area (Å²) in [5, 5.41) is 0. The highest BCUT2D eigenvalue weighted by Gasteiger charge is 2.14. The maximum Gasteiger partial charge on any atom is 0.297 e. The Balaban J connectivity index is 0.00000144. The second kappa shape index (κ2) is 4.36. The van der Waals surface area contributed by atoms with Gasteiger partial charge in [-0.3, -0.25) is 4.55 Å². The van der Waals surface area contributed by atoms with Crippen molar-refractivity contribution in [1.82, 2.24) is 0 Å². The van der Waals surface area contributed by atoms with E-state index in [0.29, 0.717) is 4.47 Å². The fourth-order valence-electron chi connectivity index (χ4n) is 0.684. The van der Waals surface area contributed by atoms with Crippen LogP contribution in [-0.2, 0) is 10.1 Å². The lowest BCUT2D eigenvalue weighted by Gasteiger charge is -1.98. The number of halogens is 3. The van der Waals surface area contributed by atoms with Crippen molar-refractivity contribution in [2.75, 3.05) is 0 Å². The van der Waals surface area contributed by atoms with E-state index in [1.54, 1.807) is 0 Å². The molecule has 0 fully saturated rings. The van der Waals surface area contributed by atoms with Crippen molar-refractivity contribution in [2.24, 2.45) is 0 Å². The zero-order chi connectivity index (χ0) is 9.35. The Morgan fingerprint density at radius 3 is 2.31 bits per heavy atom. The third-order valence-electron chi connectivity index (χ3n) is 1.17. The molecule has 0 saturated carbocycles. The summed E-state index contributed by atoms with van der Waals surface area (Å²) in [6, 6.07) is 3.27. The summed E-state index contributed by atoms with van der Waals surface area (Å²) >= 11 is 2.95. The van der Waals surface area contributed by atoms with E-state index in [1.165, 1.54) is 6.07 Å². The average molecular weight is 292 g/mol. The van der Waals surface area contributed by atoms with Crippen molar-refractivity contribution in [1.29, 1.82) is 0 Å². The first kappa shape index (κ1) is 12.8. The lowest BCUT2D eigenvalue weighted by Crippen LogP contribution is -2.00. The van der Waals surface area contributed by atoms with Gasteiger partial charge >= 0.3 is 0 Å². The normalized spacial score (nSPS) is 10.7. The van der Waals surface area contributed by atoms with E-state index in [9.17, 15) is 12.8 Å². The monoisotopic (exact) mass is 290 g/mol. The van der Waals surface area contributed by atoms with E-state index in [-0.39, 0.29) is 12.4 Å². The molecule has 0 aliphatic heterocycles. The van der Waals surface area contributed by atoms with Crippen molar-refractivity contribution in [2.45, 2.75) is 4.90 Å². The predicted octanol–water partition coefficient (Wildman–Crippen LogP) is 2.26. The molecule has 0 spiro atoms. The van der Waals surface area contributed by atoms with Gasteiger partial charge < -0.3 is 0 Å². The Bertz CT molecular complexity index is 406. The molecule has 0 aliphatic rings. The Morgan fingerprint density at radius 1 is 1.38 bits per heavy atom. The van der Waals surface area contributed by atoms with E-state index in [0.717, 1.165) is 12.1 Å². The summed E-state index contributed by atoms with van der Waals surface area (Å²) in [6.07, 6.45) is 0. The van der Waals surface area contributed by atoms with Crippen LogP contribution < -0.4 is 0 Å². The summed E-state index contributed by atoms with van der Waals surface area (Å²) in [5.74, 6) is -0.980. The van der Waals surface area contributed by atoms with Crippen LogP contribution in [0.5, 0.6) is 0 Å². The summed E-state index contributed by atoms with van der Waals surface area (Å²) in [7, 11) is -4.45. The van der Waals surface area contributed by atoms with Crippen molar-refractivity contribution < 1.29 is 17.4 Å². The van der Waals surface area contributed by atoms with Crippen LogP contribution in [0.4, 0.5) is 4.39 Å². The van der Waals surface area contributed by atoms with Gasteiger partial charge in [-0.25, -0.2) is 4.39 Å². The molecule has 0 radical (unpaired) electrons. The molecule has 1 aromatic rings. The zero-order valence-corrected chi connectivity index (χ0v) is 9.29. The molecule has 74 valence electrons. The molecular weight excluding hydrogens is 286 g/mol. The van der Waals surface area contributed by atoms with Crippen LogP contribution in [0.2, 0.25) is 0 Å². The third-order valence-corrected chi connectivity index (χ3v) is 2.55. The van der Waals surface area contributed by atoms with Gasteiger partial charge in [0, 0.05) is 4.47 Å². The molecular formula is C6H5BrClFO3S. The second-order valence-electron chi connectivity index (χ2n) is 2.05. The second-order valence-corrected chi connectivity index (χ2v) is 4.36. The van der Waals surface area contributed by atoms with Crippen LogP contribution in [0.15, 0.2) is 27.6 Å². The van der Waals surface area contributed by atoms with Crippen LogP contribution in [0.25, 0.3) is 0 Å². The molecule has 7 heteroatoms. The van der Waals surface area contributed by atoms with Gasteiger partial charge in [-0.05, 0) is 18.2 Å². The Morgan fingerprint density at radius 2 is 1.92 bits per heavy atom. The Hall–Kier alpha value is -0.170. The summed E-state index contributed by atoms with van der Waals surface area (Å²) in [6.45, 7) is 0. The summed E-state index contributed by atoms with van der Waals surface area (Å²) in [5.41, 5.74) is 0. The maximum absolute atomic E-state index is 12.8. The first-order chi connectivity index (χ1) is 5.41. The van der Waals surface area contributed by atoms with Gasteiger partial charge in [0.15, 0.2) is 0 Å². The standard InChI is InChI=1S/C6H4BrFO3S.ClH/c7-4-1-2-6(5(8)3-4)12(9,10)11;/h1-3H,(H,9,10,11);1H. The number of hydrogen-bond acceptors (Lipinski definition) is 2. The molecule has 0 saturated heterocycles. The molecule has 0 aliphatic carbocycles. The highest BCUT2D eigenvalue weighted by molar-refractivity contribution is 9.10. The SMILES string of the molecule is Cl.O=S(=O)(O)c1ccc(Br)cc1F. The zero-order valence-electron chi connectivity index (χ0n) is 6.07. The van der Waals surface area contributed by atoms with Crippen molar-refractivity contribution >= 4 is 38.5 Å². The van der Waals surface area contributed by atoms with E-state index in [2.05, 4.69) is 15.9 Å². The van der Waals surface area contributed by atoms with Gasteiger partial charge in [0.05, 0.1) is 0 Å². The molecule has 13 heavy (non-hydrogen) atoms. The maximum atomic E-state index is 12.8. The van der Waals surface area contributed by atoms with E-state index < -0.39 is 20.8 Å². The van der Waals surface area contributed by atoms with E-state index in [1.807, 2.05) is 0 Å². The largest absolute Gasteiger partial charge is 0.297 e. The lowest BCUT2D eigenvalue weighted by atomic mass is 10.3. The van der Waals surface area contributed by atoms with Gasteiger partial charge in [-0.1, -0.05) is 15.9 Å².